The lowest BCUT2D eigenvalue weighted by atomic mass is 9.71. The molecule has 1 aromatic carbocycles. The van der Waals surface area contributed by atoms with Crippen LogP contribution in [0, 0.1) is 5.92 Å². The fraction of sp³-hybridized carbons (Fsp3) is 0.562. The van der Waals surface area contributed by atoms with Crippen molar-refractivity contribution in [3.8, 4) is 0 Å². The highest BCUT2D eigenvalue weighted by Crippen LogP contribution is 2.52. The van der Waals surface area contributed by atoms with Crippen LogP contribution in [0.25, 0.3) is 0 Å². The summed E-state index contributed by atoms with van der Waals surface area (Å²) < 4.78 is 5.41. The smallest absolute Gasteiger partial charge is 0.316 e. The summed E-state index contributed by atoms with van der Waals surface area (Å²) in [7, 11) is 2.16. The molecule has 4 heteroatoms. The summed E-state index contributed by atoms with van der Waals surface area (Å²) in [5.41, 5.74) is 0.725. The van der Waals surface area contributed by atoms with Crippen LogP contribution in [-0.2, 0) is 14.9 Å². The molecule has 0 amide bonds. The maximum Gasteiger partial charge on any atom is 0.316 e. The molecule has 1 aromatic rings. The van der Waals surface area contributed by atoms with E-state index < -0.39 is 5.41 Å². The Kier molecular flexibility index (Phi) is 4.40. The lowest BCUT2D eigenvalue weighted by molar-refractivity contribution is -0.153. The molecule has 2 aliphatic rings. The number of esters is 1. The second-order valence-corrected chi connectivity index (χ2v) is 5.79. The van der Waals surface area contributed by atoms with Crippen LogP contribution in [-0.4, -0.2) is 37.1 Å². The van der Waals surface area contributed by atoms with Gasteiger partial charge in [-0.3, -0.25) is 4.79 Å². The van der Waals surface area contributed by atoms with Crippen molar-refractivity contribution in [2.45, 2.75) is 31.2 Å². The molecule has 0 unspecified atom stereocenters. The van der Waals surface area contributed by atoms with E-state index in [-0.39, 0.29) is 18.4 Å². The van der Waals surface area contributed by atoms with E-state index in [1.165, 1.54) is 0 Å². The van der Waals surface area contributed by atoms with Crippen LogP contribution < -0.4 is 0 Å². The van der Waals surface area contributed by atoms with E-state index >= 15 is 0 Å². The summed E-state index contributed by atoms with van der Waals surface area (Å²) in [4.78, 5) is 15.0. The molecule has 3 rings (SSSR count). The molecule has 2 bridgehead atoms. The number of halogens is 1. The number of rotatable bonds is 3. The van der Waals surface area contributed by atoms with Crippen molar-refractivity contribution < 1.29 is 9.53 Å². The SMILES string of the molecule is CCOC(=O)[C@]1(c2ccccc2)C[C@H]2C[C@@H]1CN2C.Cl. The highest BCUT2D eigenvalue weighted by molar-refractivity contribution is 5.85. The second-order valence-electron chi connectivity index (χ2n) is 5.79. The van der Waals surface area contributed by atoms with Crippen molar-refractivity contribution >= 4 is 18.4 Å². The average Bonchev–Trinajstić information content (AvgIpc) is 2.97. The number of likely N-dealkylation sites (tertiary alicyclic amines) is 1. The van der Waals surface area contributed by atoms with Crippen molar-refractivity contribution in [2.75, 3.05) is 20.2 Å². The molecular weight excluding hydrogens is 274 g/mol. The molecule has 0 aromatic heterocycles. The van der Waals surface area contributed by atoms with E-state index in [4.69, 9.17) is 4.74 Å². The number of ether oxygens (including phenoxy) is 1. The Balaban J connectivity index is 0.00000147. The predicted molar refractivity (Wildman–Crippen MR) is 81.1 cm³/mol. The number of piperidine rings is 1. The highest BCUT2D eigenvalue weighted by atomic mass is 35.5. The molecule has 0 N–H and O–H groups in total. The van der Waals surface area contributed by atoms with E-state index in [1.54, 1.807) is 0 Å². The first kappa shape index (κ1) is 15.3. The molecule has 1 heterocycles. The van der Waals surface area contributed by atoms with Gasteiger partial charge in [-0.15, -0.1) is 12.4 Å². The van der Waals surface area contributed by atoms with Crippen LogP contribution in [0.3, 0.4) is 0 Å². The molecule has 110 valence electrons. The molecule has 0 spiro atoms. The third-order valence-corrected chi connectivity index (χ3v) is 4.87. The summed E-state index contributed by atoms with van der Waals surface area (Å²) in [5.74, 6) is 0.366. The van der Waals surface area contributed by atoms with Gasteiger partial charge in [0.1, 0.15) is 0 Å². The monoisotopic (exact) mass is 295 g/mol. The minimum absolute atomic E-state index is 0. The number of carbonyl (C=O) groups excluding carboxylic acids is 1. The molecule has 3 atom stereocenters. The lowest BCUT2D eigenvalue weighted by Crippen LogP contribution is -2.48. The summed E-state index contributed by atoms with van der Waals surface area (Å²) >= 11 is 0. The van der Waals surface area contributed by atoms with Gasteiger partial charge >= 0.3 is 5.97 Å². The van der Waals surface area contributed by atoms with Crippen molar-refractivity contribution in [3.63, 3.8) is 0 Å². The molecule has 1 saturated carbocycles. The standard InChI is InChI=1S/C16H21NO2.ClH/c1-3-19-15(18)16(12-7-5-4-6-8-12)10-14-9-13(16)11-17(14)2;/h4-8,13-14H,3,9-11H2,1-2H3;1H/t13-,14-,16+;/m1./s1. The molecule has 20 heavy (non-hydrogen) atoms. The van der Waals surface area contributed by atoms with Crippen molar-refractivity contribution in [1.29, 1.82) is 0 Å². The lowest BCUT2D eigenvalue weighted by Gasteiger charge is -2.38. The molecule has 1 saturated heterocycles. The van der Waals surface area contributed by atoms with Crippen LogP contribution in [0.2, 0.25) is 0 Å². The maximum absolute atomic E-state index is 12.6. The van der Waals surface area contributed by atoms with Crippen molar-refractivity contribution in [1.82, 2.24) is 4.90 Å². The molecule has 2 fully saturated rings. The van der Waals surface area contributed by atoms with Gasteiger partial charge in [0.15, 0.2) is 0 Å². The first-order valence-corrected chi connectivity index (χ1v) is 7.11. The number of carbonyl (C=O) groups is 1. The number of hydrogen-bond donors (Lipinski definition) is 0. The largest absolute Gasteiger partial charge is 0.465 e. The van der Waals surface area contributed by atoms with E-state index in [0.717, 1.165) is 24.9 Å². The van der Waals surface area contributed by atoms with E-state index in [1.807, 2.05) is 25.1 Å². The zero-order chi connectivity index (χ0) is 13.5. The van der Waals surface area contributed by atoms with Crippen LogP contribution in [0.5, 0.6) is 0 Å². The fourth-order valence-electron chi connectivity index (χ4n) is 3.93. The Hall–Kier alpha value is -1.06. The van der Waals surface area contributed by atoms with Gasteiger partial charge in [-0.1, -0.05) is 30.3 Å². The Morgan fingerprint density at radius 3 is 2.60 bits per heavy atom. The summed E-state index contributed by atoms with van der Waals surface area (Å²) in [6.45, 7) is 3.34. The number of hydrogen-bond acceptors (Lipinski definition) is 3. The second kappa shape index (κ2) is 5.74. The third-order valence-electron chi connectivity index (χ3n) is 4.87. The number of nitrogens with zero attached hydrogens (tertiary/aromatic N) is 1. The van der Waals surface area contributed by atoms with E-state index in [2.05, 4.69) is 24.1 Å². The molecule has 3 nitrogen and oxygen atoms in total. The van der Waals surface area contributed by atoms with Gasteiger partial charge in [-0.2, -0.15) is 0 Å². The number of benzene rings is 1. The molecular formula is C16H22ClNO2. The van der Waals surface area contributed by atoms with Crippen LogP contribution in [0.1, 0.15) is 25.3 Å². The first-order valence-electron chi connectivity index (χ1n) is 7.11. The normalized spacial score (nSPS) is 31.9. The Morgan fingerprint density at radius 2 is 2.10 bits per heavy atom. The summed E-state index contributed by atoms with van der Waals surface area (Å²) in [6, 6.07) is 10.7. The van der Waals surface area contributed by atoms with Gasteiger partial charge in [0.25, 0.3) is 0 Å². The Bertz CT molecular complexity index is 477. The van der Waals surface area contributed by atoms with Gasteiger partial charge in [0, 0.05) is 12.6 Å². The molecule has 1 aliphatic heterocycles. The minimum atomic E-state index is -0.408. The van der Waals surface area contributed by atoms with Gasteiger partial charge in [0.2, 0.25) is 0 Å². The van der Waals surface area contributed by atoms with E-state index in [0.29, 0.717) is 18.6 Å². The topological polar surface area (TPSA) is 29.5 Å². The van der Waals surface area contributed by atoms with Crippen LogP contribution >= 0.6 is 12.4 Å². The van der Waals surface area contributed by atoms with Crippen molar-refractivity contribution in [3.05, 3.63) is 35.9 Å². The highest BCUT2D eigenvalue weighted by Gasteiger charge is 2.59. The minimum Gasteiger partial charge on any atom is -0.465 e. The van der Waals surface area contributed by atoms with E-state index in [9.17, 15) is 4.79 Å². The summed E-state index contributed by atoms with van der Waals surface area (Å²) in [5, 5.41) is 0. The molecule has 0 radical (unpaired) electrons. The van der Waals surface area contributed by atoms with Gasteiger partial charge < -0.3 is 9.64 Å². The van der Waals surface area contributed by atoms with Gasteiger partial charge in [-0.25, -0.2) is 0 Å². The van der Waals surface area contributed by atoms with Gasteiger partial charge in [0.05, 0.1) is 12.0 Å². The van der Waals surface area contributed by atoms with Crippen LogP contribution in [0.15, 0.2) is 30.3 Å². The maximum atomic E-state index is 12.6. The zero-order valence-corrected chi connectivity index (χ0v) is 12.9. The number of fused-ring (bicyclic) bond motifs is 2. The quantitative estimate of drug-likeness (QED) is 0.803. The Morgan fingerprint density at radius 1 is 1.40 bits per heavy atom. The van der Waals surface area contributed by atoms with Gasteiger partial charge in [-0.05, 0) is 38.3 Å². The third kappa shape index (κ3) is 2.13. The van der Waals surface area contributed by atoms with Crippen LogP contribution in [0.4, 0.5) is 0 Å². The first-order chi connectivity index (χ1) is 9.18. The Labute approximate surface area is 126 Å². The summed E-state index contributed by atoms with van der Waals surface area (Å²) in [6.07, 6.45) is 2.02. The average molecular weight is 296 g/mol. The van der Waals surface area contributed by atoms with Crippen molar-refractivity contribution in [2.24, 2.45) is 5.92 Å². The fourth-order valence-corrected chi connectivity index (χ4v) is 3.93. The predicted octanol–water partition coefficient (Wildman–Crippen LogP) is 2.63. The molecule has 1 aliphatic carbocycles. The zero-order valence-electron chi connectivity index (χ0n) is 12.0.